The van der Waals surface area contributed by atoms with Crippen LogP contribution in [0.4, 0.5) is 5.69 Å². The third-order valence-electron chi connectivity index (χ3n) is 3.33. The molecule has 0 saturated carbocycles. The van der Waals surface area contributed by atoms with E-state index in [4.69, 9.17) is 4.74 Å². The molecule has 0 saturated heterocycles. The fourth-order valence-electron chi connectivity index (χ4n) is 2.29. The lowest BCUT2D eigenvalue weighted by molar-refractivity contribution is -0.384. The molecule has 8 nitrogen and oxygen atoms in total. The summed E-state index contributed by atoms with van der Waals surface area (Å²) in [6, 6.07) is 8.52. The van der Waals surface area contributed by atoms with Crippen LogP contribution in [0.3, 0.4) is 0 Å². The van der Waals surface area contributed by atoms with E-state index in [-0.39, 0.29) is 29.5 Å². The number of nitrogens with zero attached hydrogens (tertiary/aromatic N) is 3. The Kier molecular flexibility index (Phi) is 6.00. The molecule has 0 bridgehead atoms. The molecule has 0 unspecified atom stereocenters. The van der Waals surface area contributed by atoms with E-state index >= 15 is 0 Å². The van der Waals surface area contributed by atoms with Gasteiger partial charge in [0, 0.05) is 29.9 Å². The van der Waals surface area contributed by atoms with Crippen LogP contribution in [0.5, 0.6) is 0 Å². The lowest BCUT2D eigenvalue weighted by atomic mass is 10.1. The topological polar surface area (TPSA) is 104 Å². The van der Waals surface area contributed by atoms with Crippen LogP contribution in [0, 0.1) is 10.1 Å². The summed E-state index contributed by atoms with van der Waals surface area (Å²) in [4.78, 5) is 39.7. The van der Waals surface area contributed by atoms with Gasteiger partial charge in [-0.3, -0.25) is 24.5 Å². The summed E-state index contributed by atoms with van der Waals surface area (Å²) in [5.41, 5.74) is -0.00332. The molecular formula is C18H19N3O5. The van der Waals surface area contributed by atoms with Gasteiger partial charge in [-0.2, -0.15) is 0 Å². The largest absolute Gasteiger partial charge is 0.462 e. The summed E-state index contributed by atoms with van der Waals surface area (Å²) >= 11 is 0. The van der Waals surface area contributed by atoms with Crippen LogP contribution in [0.15, 0.2) is 47.6 Å². The van der Waals surface area contributed by atoms with Crippen molar-refractivity contribution in [3.63, 3.8) is 0 Å². The number of nitro benzene ring substituents is 1. The normalized spacial score (nSPS) is 11.5. The molecule has 0 aliphatic carbocycles. The second-order valence-corrected chi connectivity index (χ2v) is 5.70. The SMILES string of the molecule is CCOC(=O)c1cc(C(=O)n2ccccc2=NC(C)C)cc([N+](=O)[O-])c1. The molecule has 2 rings (SSSR count). The van der Waals surface area contributed by atoms with Gasteiger partial charge in [0.15, 0.2) is 0 Å². The van der Waals surface area contributed by atoms with Gasteiger partial charge < -0.3 is 4.74 Å². The van der Waals surface area contributed by atoms with Crippen LogP contribution in [-0.2, 0) is 4.74 Å². The van der Waals surface area contributed by atoms with E-state index in [1.807, 2.05) is 13.8 Å². The van der Waals surface area contributed by atoms with E-state index in [0.29, 0.717) is 5.49 Å². The highest BCUT2D eigenvalue weighted by molar-refractivity contribution is 6.00. The summed E-state index contributed by atoms with van der Waals surface area (Å²) in [6.45, 7) is 5.48. The Labute approximate surface area is 149 Å². The predicted molar refractivity (Wildman–Crippen MR) is 93.9 cm³/mol. The van der Waals surface area contributed by atoms with Gasteiger partial charge in [0.2, 0.25) is 0 Å². The summed E-state index contributed by atoms with van der Waals surface area (Å²) in [5, 5.41) is 11.2. The molecule has 136 valence electrons. The number of benzene rings is 1. The molecule has 0 fully saturated rings. The third kappa shape index (κ3) is 4.41. The number of hydrogen-bond acceptors (Lipinski definition) is 6. The van der Waals surface area contributed by atoms with Crippen molar-refractivity contribution in [2.24, 2.45) is 4.99 Å². The van der Waals surface area contributed by atoms with E-state index in [9.17, 15) is 19.7 Å². The average molecular weight is 357 g/mol. The summed E-state index contributed by atoms with van der Waals surface area (Å²) < 4.78 is 6.17. The molecule has 0 amide bonds. The van der Waals surface area contributed by atoms with Crippen molar-refractivity contribution in [3.8, 4) is 0 Å². The number of ether oxygens (including phenoxy) is 1. The molecule has 0 spiro atoms. The Morgan fingerprint density at radius 3 is 2.54 bits per heavy atom. The van der Waals surface area contributed by atoms with E-state index in [1.165, 1.54) is 16.8 Å². The van der Waals surface area contributed by atoms with Gasteiger partial charge >= 0.3 is 5.97 Å². The first-order valence-electron chi connectivity index (χ1n) is 8.06. The molecule has 0 N–H and O–H groups in total. The first kappa shape index (κ1) is 19.0. The Bertz CT molecular complexity index is 915. The predicted octanol–water partition coefficient (Wildman–Crippen LogP) is 2.57. The van der Waals surface area contributed by atoms with Crippen molar-refractivity contribution in [3.05, 3.63) is 69.3 Å². The average Bonchev–Trinajstić information content (AvgIpc) is 2.61. The van der Waals surface area contributed by atoms with Crippen molar-refractivity contribution >= 4 is 17.6 Å². The Hall–Kier alpha value is -3.29. The zero-order chi connectivity index (χ0) is 19.3. The lowest BCUT2D eigenvalue weighted by Crippen LogP contribution is -2.28. The molecular weight excluding hydrogens is 338 g/mol. The highest BCUT2D eigenvalue weighted by atomic mass is 16.6. The number of carbonyl (C=O) groups is 2. The Balaban J connectivity index is 2.60. The maximum absolute atomic E-state index is 12.9. The van der Waals surface area contributed by atoms with Gasteiger partial charge in [-0.05, 0) is 39.0 Å². The maximum atomic E-state index is 12.9. The molecule has 1 aromatic carbocycles. The summed E-state index contributed by atoms with van der Waals surface area (Å²) in [6.07, 6.45) is 1.52. The van der Waals surface area contributed by atoms with E-state index in [1.54, 1.807) is 25.1 Å². The maximum Gasteiger partial charge on any atom is 0.338 e. The zero-order valence-electron chi connectivity index (χ0n) is 14.7. The molecule has 2 aromatic rings. The number of nitro groups is 1. The fourth-order valence-corrected chi connectivity index (χ4v) is 2.29. The Morgan fingerprint density at radius 1 is 1.23 bits per heavy atom. The van der Waals surface area contributed by atoms with Crippen LogP contribution in [0.1, 0.15) is 41.5 Å². The van der Waals surface area contributed by atoms with Crippen LogP contribution < -0.4 is 5.49 Å². The van der Waals surface area contributed by atoms with E-state index < -0.39 is 16.8 Å². The van der Waals surface area contributed by atoms with Crippen molar-refractivity contribution in [1.29, 1.82) is 0 Å². The second kappa shape index (κ2) is 8.19. The third-order valence-corrected chi connectivity index (χ3v) is 3.33. The standard InChI is InChI=1S/C18H19N3O5/c1-4-26-18(23)14-9-13(10-15(11-14)21(24)25)17(22)20-8-6-5-7-16(20)19-12(2)3/h5-12H,4H2,1-3H3. The Morgan fingerprint density at radius 2 is 1.92 bits per heavy atom. The minimum absolute atomic E-state index is 0.00124. The van der Waals surface area contributed by atoms with Gasteiger partial charge in [-0.1, -0.05) is 6.07 Å². The first-order chi connectivity index (χ1) is 12.3. The summed E-state index contributed by atoms with van der Waals surface area (Å²) in [5.74, 6) is -1.25. The van der Waals surface area contributed by atoms with Crippen LogP contribution in [0.25, 0.3) is 0 Å². The van der Waals surface area contributed by atoms with Gasteiger partial charge in [0.05, 0.1) is 17.1 Å². The highest BCUT2D eigenvalue weighted by Crippen LogP contribution is 2.19. The zero-order valence-corrected chi connectivity index (χ0v) is 14.7. The first-order valence-corrected chi connectivity index (χ1v) is 8.06. The number of carbonyl (C=O) groups excluding carboxylic acids is 2. The molecule has 26 heavy (non-hydrogen) atoms. The van der Waals surface area contributed by atoms with Crippen molar-refractivity contribution in [1.82, 2.24) is 4.57 Å². The van der Waals surface area contributed by atoms with Gasteiger partial charge in [-0.25, -0.2) is 4.79 Å². The van der Waals surface area contributed by atoms with Crippen LogP contribution >= 0.6 is 0 Å². The van der Waals surface area contributed by atoms with Gasteiger partial charge in [0.25, 0.3) is 11.6 Å². The lowest BCUT2D eigenvalue weighted by Gasteiger charge is -2.09. The van der Waals surface area contributed by atoms with Crippen LogP contribution in [-0.4, -0.2) is 34.0 Å². The molecule has 0 radical (unpaired) electrons. The smallest absolute Gasteiger partial charge is 0.338 e. The van der Waals surface area contributed by atoms with Crippen molar-refractivity contribution in [2.45, 2.75) is 26.8 Å². The molecule has 1 aromatic heterocycles. The number of pyridine rings is 1. The minimum Gasteiger partial charge on any atom is -0.462 e. The monoisotopic (exact) mass is 357 g/mol. The molecule has 0 aliphatic rings. The van der Waals surface area contributed by atoms with Crippen LogP contribution in [0.2, 0.25) is 0 Å². The molecule has 1 heterocycles. The highest BCUT2D eigenvalue weighted by Gasteiger charge is 2.19. The molecule has 0 aliphatic heterocycles. The summed E-state index contributed by atoms with van der Waals surface area (Å²) in [7, 11) is 0. The van der Waals surface area contributed by atoms with Crippen molar-refractivity contribution in [2.75, 3.05) is 6.61 Å². The van der Waals surface area contributed by atoms with E-state index in [2.05, 4.69) is 4.99 Å². The quantitative estimate of drug-likeness (QED) is 0.465. The van der Waals surface area contributed by atoms with Gasteiger partial charge in [0.1, 0.15) is 5.49 Å². The molecule has 8 heteroatoms. The second-order valence-electron chi connectivity index (χ2n) is 5.70. The molecule has 0 atom stereocenters. The van der Waals surface area contributed by atoms with Crippen molar-refractivity contribution < 1.29 is 19.2 Å². The van der Waals surface area contributed by atoms with E-state index in [0.717, 1.165) is 12.1 Å². The number of esters is 1. The number of non-ortho nitro benzene ring substituents is 1. The fraction of sp³-hybridized carbons (Fsp3) is 0.278. The number of hydrogen-bond donors (Lipinski definition) is 0. The minimum atomic E-state index is -0.726. The number of rotatable bonds is 5. The van der Waals surface area contributed by atoms with Gasteiger partial charge in [-0.15, -0.1) is 0 Å². The number of aromatic nitrogens is 1.